The molecule has 0 unspecified atom stereocenters. The SMILES string of the molecule is Cn1ccc(NC(=O)COC2CCNCC2)n1. The lowest BCUT2D eigenvalue weighted by Gasteiger charge is -2.22. The predicted octanol–water partition coefficient (Wildman–Crippen LogP) is 0.127. The number of carbonyl (C=O) groups is 1. The molecule has 0 radical (unpaired) electrons. The standard InChI is InChI=1S/C11H18N4O2/c1-15-7-4-10(14-15)13-11(16)8-17-9-2-5-12-6-3-9/h4,7,9,12H,2-3,5-6,8H2,1H3,(H,13,14,16). The van der Waals surface area contributed by atoms with Crippen LogP contribution < -0.4 is 10.6 Å². The van der Waals surface area contributed by atoms with E-state index in [0.717, 1.165) is 25.9 Å². The zero-order valence-corrected chi connectivity index (χ0v) is 9.98. The Morgan fingerprint density at radius 3 is 3.06 bits per heavy atom. The van der Waals surface area contributed by atoms with Gasteiger partial charge in [-0.25, -0.2) is 0 Å². The maximum atomic E-state index is 11.6. The van der Waals surface area contributed by atoms with Gasteiger partial charge in [-0.2, -0.15) is 5.10 Å². The van der Waals surface area contributed by atoms with E-state index < -0.39 is 0 Å². The van der Waals surface area contributed by atoms with Gasteiger partial charge in [-0.05, 0) is 25.9 Å². The fourth-order valence-corrected chi connectivity index (χ4v) is 1.82. The molecule has 1 aliphatic heterocycles. The summed E-state index contributed by atoms with van der Waals surface area (Å²) < 4.78 is 7.18. The summed E-state index contributed by atoms with van der Waals surface area (Å²) in [6.07, 6.45) is 3.92. The van der Waals surface area contributed by atoms with Gasteiger partial charge >= 0.3 is 0 Å². The number of hydrogen-bond acceptors (Lipinski definition) is 4. The molecule has 6 heteroatoms. The fourth-order valence-electron chi connectivity index (χ4n) is 1.82. The number of nitrogens with one attached hydrogen (secondary N) is 2. The van der Waals surface area contributed by atoms with E-state index in [1.165, 1.54) is 0 Å². The van der Waals surface area contributed by atoms with E-state index >= 15 is 0 Å². The van der Waals surface area contributed by atoms with Crippen LogP contribution in [-0.2, 0) is 16.6 Å². The minimum absolute atomic E-state index is 0.0985. The van der Waals surface area contributed by atoms with E-state index in [-0.39, 0.29) is 18.6 Å². The van der Waals surface area contributed by atoms with E-state index in [0.29, 0.717) is 5.82 Å². The molecule has 1 amide bonds. The predicted molar refractivity (Wildman–Crippen MR) is 63.7 cm³/mol. The molecular weight excluding hydrogens is 220 g/mol. The van der Waals surface area contributed by atoms with Gasteiger partial charge in [0.1, 0.15) is 6.61 Å². The van der Waals surface area contributed by atoms with E-state index in [2.05, 4.69) is 15.7 Å². The fraction of sp³-hybridized carbons (Fsp3) is 0.636. The van der Waals surface area contributed by atoms with E-state index in [4.69, 9.17) is 4.74 Å². The lowest BCUT2D eigenvalue weighted by molar-refractivity contribution is -0.123. The number of anilines is 1. The minimum atomic E-state index is -0.151. The van der Waals surface area contributed by atoms with Crippen molar-refractivity contribution in [3.63, 3.8) is 0 Å². The highest BCUT2D eigenvalue weighted by Crippen LogP contribution is 2.07. The van der Waals surface area contributed by atoms with Crippen molar-refractivity contribution >= 4 is 11.7 Å². The molecule has 2 rings (SSSR count). The topological polar surface area (TPSA) is 68.2 Å². The van der Waals surface area contributed by atoms with Gasteiger partial charge < -0.3 is 15.4 Å². The van der Waals surface area contributed by atoms with Crippen LogP contribution in [0, 0.1) is 0 Å². The summed E-state index contributed by atoms with van der Waals surface area (Å²) >= 11 is 0. The molecule has 94 valence electrons. The zero-order valence-electron chi connectivity index (χ0n) is 9.98. The molecule has 6 nitrogen and oxygen atoms in total. The number of amides is 1. The molecule has 1 aromatic rings. The highest BCUT2D eigenvalue weighted by molar-refractivity contribution is 5.90. The number of nitrogens with zero attached hydrogens (tertiary/aromatic N) is 2. The molecule has 0 aromatic carbocycles. The number of aromatic nitrogens is 2. The number of hydrogen-bond donors (Lipinski definition) is 2. The van der Waals surface area contributed by atoms with Crippen LogP contribution in [0.5, 0.6) is 0 Å². The molecule has 0 bridgehead atoms. The molecule has 2 N–H and O–H groups in total. The molecule has 17 heavy (non-hydrogen) atoms. The molecule has 0 atom stereocenters. The summed E-state index contributed by atoms with van der Waals surface area (Å²) in [5.41, 5.74) is 0. The highest BCUT2D eigenvalue weighted by atomic mass is 16.5. The van der Waals surface area contributed by atoms with Crippen molar-refractivity contribution in [1.29, 1.82) is 0 Å². The Balaban J connectivity index is 1.70. The highest BCUT2D eigenvalue weighted by Gasteiger charge is 2.15. The van der Waals surface area contributed by atoms with Crippen LogP contribution in [-0.4, -0.2) is 41.5 Å². The quantitative estimate of drug-likeness (QED) is 0.782. The largest absolute Gasteiger partial charge is 0.368 e. The lowest BCUT2D eigenvalue weighted by atomic mass is 10.1. The molecule has 0 aliphatic carbocycles. The third-order valence-electron chi connectivity index (χ3n) is 2.72. The van der Waals surface area contributed by atoms with Crippen LogP contribution in [0.15, 0.2) is 12.3 Å². The Bertz CT molecular complexity index is 371. The third kappa shape index (κ3) is 3.83. The van der Waals surface area contributed by atoms with Gasteiger partial charge in [0.05, 0.1) is 6.10 Å². The first kappa shape index (κ1) is 12.1. The second-order valence-electron chi connectivity index (χ2n) is 4.18. The number of piperidine rings is 1. The van der Waals surface area contributed by atoms with E-state index in [9.17, 15) is 4.79 Å². The number of carbonyl (C=O) groups excluding carboxylic acids is 1. The summed E-state index contributed by atoms with van der Waals surface area (Å²) in [5, 5.41) is 10.0. The minimum Gasteiger partial charge on any atom is -0.368 e. The Labute approximate surface area is 100 Å². The molecule has 1 saturated heterocycles. The van der Waals surface area contributed by atoms with Crippen LogP contribution >= 0.6 is 0 Å². The van der Waals surface area contributed by atoms with Gasteiger partial charge in [-0.1, -0.05) is 0 Å². The van der Waals surface area contributed by atoms with Crippen LogP contribution in [0.4, 0.5) is 5.82 Å². The summed E-state index contributed by atoms with van der Waals surface area (Å²) in [6.45, 7) is 2.03. The summed E-state index contributed by atoms with van der Waals surface area (Å²) in [7, 11) is 1.81. The second-order valence-corrected chi connectivity index (χ2v) is 4.18. The van der Waals surface area contributed by atoms with Crippen molar-refractivity contribution in [1.82, 2.24) is 15.1 Å². The van der Waals surface area contributed by atoms with Crippen LogP contribution in [0.1, 0.15) is 12.8 Å². The zero-order chi connectivity index (χ0) is 12.1. The molecule has 1 fully saturated rings. The number of aryl methyl sites for hydroxylation is 1. The molecule has 1 aromatic heterocycles. The van der Waals surface area contributed by atoms with Gasteiger partial charge in [-0.3, -0.25) is 9.48 Å². The number of rotatable bonds is 4. The number of ether oxygens (including phenoxy) is 1. The van der Waals surface area contributed by atoms with E-state index in [1.54, 1.807) is 24.0 Å². The lowest BCUT2D eigenvalue weighted by Crippen LogP contribution is -2.34. The normalized spacial score (nSPS) is 17.0. The van der Waals surface area contributed by atoms with Gasteiger partial charge in [-0.15, -0.1) is 0 Å². The average molecular weight is 238 g/mol. The van der Waals surface area contributed by atoms with Crippen molar-refractivity contribution in [3.05, 3.63) is 12.3 Å². The molecule has 0 saturated carbocycles. The first-order valence-corrected chi connectivity index (χ1v) is 5.86. The first-order chi connectivity index (χ1) is 8.24. The average Bonchev–Trinajstić information content (AvgIpc) is 2.73. The van der Waals surface area contributed by atoms with Gasteiger partial charge in [0.2, 0.25) is 0 Å². The van der Waals surface area contributed by atoms with Crippen LogP contribution in [0.25, 0.3) is 0 Å². The Morgan fingerprint density at radius 2 is 2.41 bits per heavy atom. The Hall–Kier alpha value is -1.40. The molecule has 2 heterocycles. The van der Waals surface area contributed by atoms with Gasteiger partial charge in [0.15, 0.2) is 5.82 Å². The van der Waals surface area contributed by atoms with Crippen molar-refractivity contribution in [2.24, 2.45) is 7.05 Å². The summed E-state index contributed by atoms with van der Waals surface area (Å²) in [5.74, 6) is 0.411. The van der Waals surface area contributed by atoms with Gasteiger partial charge in [0, 0.05) is 19.3 Å². The van der Waals surface area contributed by atoms with Crippen LogP contribution in [0.3, 0.4) is 0 Å². The van der Waals surface area contributed by atoms with Crippen molar-refractivity contribution < 1.29 is 9.53 Å². The summed E-state index contributed by atoms with van der Waals surface area (Å²) in [4.78, 5) is 11.6. The monoisotopic (exact) mass is 238 g/mol. The molecule has 1 aliphatic rings. The van der Waals surface area contributed by atoms with Crippen LogP contribution in [0.2, 0.25) is 0 Å². The molecular formula is C11H18N4O2. The van der Waals surface area contributed by atoms with E-state index in [1.807, 2.05) is 0 Å². The smallest absolute Gasteiger partial charge is 0.251 e. The Morgan fingerprint density at radius 1 is 1.65 bits per heavy atom. The van der Waals surface area contributed by atoms with Crippen molar-refractivity contribution in [2.75, 3.05) is 25.0 Å². The van der Waals surface area contributed by atoms with Crippen molar-refractivity contribution in [3.8, 4) is 0 Å². The Kier molecular flexibility index (Phi) is 4.11. The van der Waals surface area contributed by atoms with Gasteiger partial charge in [0.25, 0.3) is 5.91 Å². The second kappa shape index (κ2) is 5.79. The summed E-state index contributed by atoms with van der Waals surface area (Å²) in [6, 6.07) is 1.75. The third-order valence-corrected chi connectivity index (χ3v) is 2.72. The maximum absolute atomic E-state index is 11.6. The first-order valence-electron chi connectivity index (χ1n) is 5.86. The maximum Gasteiger partial charge on any atom is 0.251 e. The van der Waals surface area contributed by atoms with Crippen molar-refractivity contribution in [2.45, 2.75) is 18.9 Å². The molecule has 0 spiro atoms.